The Labute approximate surface area is 91.1 Å². The molecule has 0 aromatic carbocycles. The van der Waals surface area contributed by atoms with Gasteiger partial charge in [-0.25, -0.2) is 4.98 Å². The molecule has 4 nitrogen and oxygen atoms in total. The van der Waals surface area contributed by atoms with Crippen molar-refractivity contribution in [2.75, 3.05) is 13.1 Å². The van der Waals surface area contributed by atoms with Gasteiger partial charge in [0.25, 0.3) is 0 Å². The van der Waals surface area contributed by atoms with Crippen LogP contribution in [0.25, 0.3) is 0 Å². The van der Waals surface area contributed by atoms with Gasteiger partial charge in [0.1, 0.15) is 0 Å². The summed E-state index contributed by atoms with van der Waals surface area (Å²) in [6.07, 6.45) is 2.85. The van der Waals surface area contributed by atoms with Gasteiger partial charge in [0.05, 0.1) is 17.7 Å². The molecule has 0 atom stereocenters. The zero-order valence-corrected chi connectivity index (χ0v) is 9.61. The molecule has 0 amide bonds. The van der Waals surface area contributed by atoms with Crippen LogP contribution in [-0.4, -0.2) is 33.6 Å². The van der Waals surface area contributed by atoms with Crippen LogP contribution < -0.4 is 5.73 Å². The monoisotopic (exact) mass is 208 g/mol. The lowest BCUT2D eigenvalue weighted by atomic mass is 10.2. The topological polar surface area (TPSA) is 47.1 Å². The third kappa shape index (κ3) is 2.06. The fourth-order valence-electron chi connectivity index (χ4n) is 2.12. The summed E-state index contributed by atoms with van der Waals surface area (Å²) in [6.45, 7) is 8.39. The van der Waals surface area contributed by atoms with E-state index in [1.807, 2.05) is 6.33 Å². The Balaban J connectivity index is 2.18. The van der Waals surface area contributed by atoms with Gasteiger partial charge in [-0.3, -0.25) is 4.90 Å². The van der Waals surface area contributed by atoms with Gasteiger partial charge < -0.3 is 10.3 Å². The average Bonchev–Trinajstić information content (AvgIpc) is 2.61. The van der Waals surface area contributed by atoms with Crippen LogP contribution in [0.5, 0.6) is 0 Å². The van der Waals surface area contributed by atoms with E-state index in [1.54, 1.807) is 0 Å². The Hall–Kier alpha value is -0.870. The van der Waals surface area contributed by atoms with Crippen LogP contribution in [0, 0.1) is 0 Å². The molecule has 1 aromatic rings. The zero-order chi connectivity index (χ0) is 10.8. The zero-order valence-electron chi connectivity index (χ0n) is 9.61. The molecule has 1 aliphatic rings. The number of hydrogen-bond acceptors (Lipinski definition) is 3. The summed E-state index contributed by atoms with van der Waals surface area (Å²) < 4.78 is 2.27. The van der Waals surface area contributed by atoms with Gasteiger partial charge in [-0.05, 0) is 20.4 Å². The molecule has 1 aromatic heterocycles. The van der Waals surface area contributed by atoms with E-state index in [2.05, 4.69) is 28.3 Å². The summed E-state index contributed by atoms with van der Waals surface area (Å²) in [5.41, 5.74) is 8.13. The van der Waals surface area contributed by atoms with Crippen molar-refractivity contribution in [2.24, 2.45) is 5.73 Å². The first-order valence-corrected chi connectivity index (χ1v) is 5.69. The predicted octanol–water partition coefficient (Wildman–Crippen LogP) is 0.608. The summed E-state index contributed by atoms with van der Waals surface area (Å²) in [6, 6.07) is 0.611. The molecule has 0 radical (unpaired) electrons. The van der Waals surface area contributed by atoms with E-state index >= 15 is 0 Å². The average molecular weight is 208 g/mol. The molecular weight excluding hydrogens is 188 g/mol. The van der Waals surface area contributed by atoms with E-state index in [0.717, 1.165) is 26.1 Å². The highest BCUT2D eigenvalue weighted by Gasteiger charge is 2.21. The largest absolute Gasteiger partial charge is 0.332 e. The van der Waals surface area contributed by atoms with E-state index < -0.39 is 0 Å². The standard InChI is InChI=1S/C11H20N4/c1-9(2)14-5-6-15-8-13-10(3-4-12)11(15)7-14/h8-9H,3-7,12H2,1-2H3. The number of aromatic nitrogens is 2. The number of imidazole rings is 1. The first kappa shape index (κ1) is 10.6. The van der Waals surface area contributed by atoms with Crippen molar-refractivity contribution in [1.29, 1.82) is 0 Å². The first-order chi connectivity index (χ1) is 7.22. The maximum absolute atomic E-state index is 5.58. The van der Waals surface area contributed by atoms with E-state index in [-0.39, 0.29) is 0 Å². The molecule has 0 bridgehead atoms. The van der Waals surface area contributed by atoms with Crippen molar-refractivity contribution < 1.29 is 0 Å². The number of rotatable bonds is 3. The van der Waals surface area contributed by atoms with E-state index in [4.69, 9.17) is 5.73 Å². The van der Waals surface area contributed by atoms with Crippen molar-refractivity contribution >= 4 is 0 Å². The van der Waals surface area contributed by atoms with Gasteiger partial charge in [-0.1, -0.05) is 0 Å². The lowest BCUT2D eigenvalue weighted by Crippen LogP contribution is -2.38. The summed E-state index contributed by atoms with van der Waals surface area (Å²) in [5, 5.41) is 0. The van der Waals surface area contributed by atoms with Crippen molar-refractivity contribution in [3.63, 3.8) is 0 Å². The molecule has 1 aliphatic heterocycles. The normalized spacial score (nSPS) is 17.1. The van der Waals surface area contributed by atoms with Crippen LogP contribution in [0.3, 0.4) is 0 Å². The molecule has 2 rings (SSSR count). The Morgan fingerprint density at radius 2 is 2.27 bits per heavy atom. The smallest absolute Gasteiger partial charge is 0.0952 e. The number of hydrogen-bond donors (Lipinski definition) is 1. The van der Waals surface area contributed by atoms with Gasteiger partial charge in [0.15, 0.2) is 0 Å². The van der Waals surface area contributed by atoms with Crippen molar-refractivity contribution in [1.82, 2.24) is 14.5 Å². The third-order valence-corrected chi connectivity index (χ3v) is 3.13. The molecule has 4 heteroatoms. The van der Waals surface area contributed by atoms with Crippen LogP contribution in [0.1, 0.15) is 25.2 Å². The molecule has 0 fully saturated rings. The minimum atomic E-state index is 0.611. The molecule has 0 aliphatic carbocycles. The van der Waals surface area contributed by atoms with E-state index in [1.165, 1.54) is 11.4 Å². The van der Waals surface area contributed by atoms with Gasteiger partial charge >= 0.3 is 0 Å². The Kier molecular flexibility index (Phi) is 3.07. The van der Waals surface area contributed by atoms with Gasteiger partial charge in [-0.2, -0.15) is 0 Å². The lowest BCUT2D eigenvalue weighted by Gasteiger charge is -2.31. The fraction of sp³-hybridized carbons (Fsp3) is 0.727. The highest BCUT2D eigenvalue weighted by atomic mass is 15.2. The van der Waals surface area contributed by atoms with Crippen LogP contribution in [0.15, 0.2) is 6.33 Å². The lowest BCUT2D eigenvalue weighted by molar-refractivity contribution is 0.176. The molecule has 0 saturated heterocycles. The Morgan fingerprint density at radius 3 is 2.93 bits per heavy atom. The summed E-state index contributed by atoms with van der Waals surface area (Å²) in [5.74, 6) is 0. The van der Waals surface area contributed by atoms with Crippen molar-refractivity contribution in [2.45, 2.75) is 39.4 Å². The summed E-state index contributed by atoms with van der Waals surface area (Å²) >= 11 is 0. The molecule has 0 saturated carbocycles. The molecule has 84 valence electrons. The molecule has 15 heavy (non-hydrogen) atoms. The highest BCUT2D eigenvalue weighted by molar-refractivity contribution is 5.15. The van der Waals surface area contributed by atoms with E-state index in [9.17, 15) is 0 Å². The molecular formula is C11H20N4. The van der Waals surface area contributed by atoms with Crippen LogP contribution in [0.2, 0.25) is 0 Å². The van der Waals surface area contributed by atoms with Gasteiger partial charge in [0, 0.05) is 32.1 Å². The number of fused-ring (bicyclic) bond motifs is 1. The van der Waals surface area contributed by atoms with Crippen molar-refractivity contribution in [3.8, 4) is 0 Å². The quantitative estimate of drug-likeness (QED) is 0.791. The maximum atomic E-state index is 5.58. The maximum Gasteiger partial charge on any atom is 0.0952 e. The second-order valence-electron chi connectivity index (χ2n) is 4.43. The second-order valence-corrected chi connectivity index (χ2v) is 4.43. The minimum Gasteiger partial charge on any atom is -0.332 e. The highest BCUT2D eigenvalue weighted by Crippen LogP contribution is 2.18. The first-order valence-electron chi connectivity index (χ1n) is 5.69. The fourth-order valence-corrected chi connectivity index (χ4v) is 2.12. The second kappa shape index (κ2) is 4.33. The number of nitrogens with zero attached hydrogens (tertiary/aromatic N) is 3. The molecule has 0 unspecified atom stereocenters. The molecule has 2 heterocycles. The van der Waals surface area contributed by atoms with Gasteiger partial charge in [0.2, 0.25) is 0 Å². The SMILES string of the molecule is CC(C)N1CCn2cnc(CCN)c2C1. The minimum absolute atomic E-state index is 0.611. The Morgan fingerprint density at radius 1 is 1.47 bits per heavy atom. The van der Waals surface area contributed by atoms with Gasteiger partial charge in [-0.15, -0.1) is 0 Å². The number of nitrogens with two attached hydrogens (primary N) is 1. The van der Waals surface area contributed by atoms with Crippen LogP contribution in [-0.2, 0) is 19.5 Å². The molecule has 0 spiro atoms. The molecule has 2 N–H and O–H groups in total. The van der Waals surface area contributed by atoms with Crippen molar-refractivity contribution in [3.05, 3.63) is 17.7 Å². The third-order valence-electron chi connectivity index (χ3n) is 3.13. The summed E-state index contributed by atoms with van der Waals surface area (Å²) in [4.78, 5) is 6.92. The Bertz CT molecular complexity index is 329. The van der Waals surface area contributed by atoms with Crippen LogP contribution >= 0.6 is 0 Å². The van der Waals surface area contributed by atoms with Crippen LogP contribution in [0.4, 0.5) is 0 Å². The summed E-state index contributed by atoms with van der Waals surface area (Å²) in [7, 11) is 0. The van der Waals surface area contributed by atoms with E-state index in [0.29, 0.717) is 12.6 Å². The predicted molar refractivity (Wildman–Crippen MR) is 60.5 cm³/mol.